The van der Waals surface area contributed by atoms with E-state index in [1.165, 1.54) is 0 Å². The number of nitrogens with one attached hydrogen (secondary N) is 2. The van der Waals surface area contributed by atoms with Gasteiger partial charge in [-0.05, 0) is 49.5 Å². The second kappa shape index (κ2) is 10.3. The van der Waals surface area contributed by atoms with E-state index in [0.717, 1.165) is 34.7 Å². The van der Waals surface area contributed by atoms with Crippen molar-refractivity contribution in [2.75, 3.05) is 25.5 Å². The molecule has 2 aromatic rings. The number of rotatable bonds is 10. The van der Waals surface area contributed by atoms with Crippen molar-refractivity contribution in [3.63, 3.8) is 0 Å². The molecule has 0 spiro atoms. The van der Waals surface area contributed by atoms with Gasteiger partial charge in [-0.15, -0.1) is 11.3 Å². The van der Waals surface area contributed by atoms with Crippen LogP contribution in [-0.2, 0) is 6.54 Å². The van der Waals surface area contributed by atoms with Crippen LogP contribution in [0.2, 0.25) is 0 Å². The van der Waals surface area contributed by atoms with Gasteiger partial charge in [0.15, 0.2) is 0 Å². The third-order valence-corrected chi connectivity index (χ3v) is 5.11. The molecule has 1 heterocycles. The van der Waals surface area contributed by atoms with Gasteiger partial charge in [0.05, 0.1) is 17.6 Å². The molecule has 142 valence electrons. The summed E-state index contributed by atoms with van der Waals surface area (Å²) < 4.78 is 6.19. The van der Waals surface area contributed by atoms with Crippen LogP contribution in [0.5, 0.6) is 5.75 Å². The van der Waals surface area contributed by atoms with Crippen LogP contribution in [-0.4, -0.2) is 42.1 Å². The average molecular weight is 376 g/mol. The largest absolute Gasteiger partial charge is 0.490 e. The summed E-state index contributed by atoms with van der Waals surface area (Å²) in [5.74, 6) is 1.26. The van der Waals surface area contributed by atoms with Gasteiger partial charge in [-0.1, -0.05) is 19.9 Å². The number of benzene rings is 1. The highest BCUT2D eigenvalue weighted by Gasteiger charge is 2.13. The summed E-state index contributed by atoms with van der Waals surface area (Å²) in [6.07, 6.45) is 2.12. The van der Waals surface area contributed by atoms with E-state index in [4.69, 9.17) is 10.1 Å². The summed E-state index contributed by atoms with van der Waals surface area (Å²) >= 11 is 1.54. The molecule has 3 N–H and O–H groups in total. The second-order valence-electron chi connectivity index (χ2n) is 6.32. The van der Waals surface area contributed by atoms with Gasteiger partial charge in [-0.2, -0.15) is 0 Å². The van der Waals surface area contributed by atoms with E-state index < -0.39 is 0 Å². The first kappa shape index (κ1) is 20.4. The quantitative estimate of drug-likeness (QED) is 0.430. The van der Waals surface area contributed by atoms with Crippen molar-refractivity contribution < 1.29 is 9.84 Å². The molecule has 1 aromatic carbocycles. The SMILES string of the molecule is CCC(CC)Oc1ccc(NC(=N)c2cccs2)cc1CN(C)CCO. The summed E-state index contributed by atoms with van der Waals surface area (Å²) in [5, 5.41) is 22.5. The molecule has 0 aliphatic heterocycles. The lowest BCUT2D eigenvalue weighted by Gasteiger charge is -2.22. The van der Waals surface area contributed by atoms with Crippen molar-refractivity contribution in [1.29, 1.82) is 5.41 Å². The van der Waals surface area contributed by atoms with Crippen molar-refractivity contribution in [2.24, 2.45) is 0 Å². The topological polar surface area (TPSA) is 68.6 Å². The molecule has 0 aliphatic carbocycles. The van der Waals surface area contributed by atoms with Crippen molar-refractivity contribution in [3.05, 3.63) is 46.2 Å². The molecular formula is C20H29N3O2S. The number of hydrogen-bond acceptors (Lipinski definition) is 5. The van der Waals surface area contributed by atoms with Crippen molar-refractivity contribution in [1.82, 2.24) is 4.90 Å². The van der Waals surface area contributed by atoms with Gasteiger partial charge in [-0.25, -0.2) is 0 Å². The highest BCUT2D eigenvalue weighted by atomic mass is 32.1. The third kappa shape index (κ3) is 5.83. The zero-order valence-corrected chi connectivity index (χ0v) is 16.6. The van der Waals surface area contributed by atoms with E-state index >= 15 is 0 Å². The smallest absolute Gasteiger partial charge is 0.140 e. The Kier molecular flexibility index (Phi) is 8.09. The van der Waals surface area contributed by atoms with Gasteiger partial charge in [-0.3, -0.25) is 10.3 Å². The molecule has 6 heteroatoms. The number of thiophene rings is 1. The van der Waals surface area contributed by atoms with Gasteiger partial charge >= 0.3 is 0 Å². The lowest BCUT2D eigenvalue weighted by Crippen LogP contribution is -2.23. The van der Waals surface area contributed by atoms with Crippen LogP contribution in [0.15, 0.2) is 35.7 Å². The van der Waals surface area contributed by atoms with E-state index in [1.54, 1.807) is 11.3 Å². The summed E-state index contributed by atoms with van der Waals surface area (Å²) in [4.78, 5) is 2.96. The minimum atomic E-state index is 0.125. The Morgan fingerprint density at radius 2 is 2.08 bits per heavy atom. The van der Waals surface area contributed by atoms with E-state index in [0.29, 0.717) is 18.9 Å². The summed E-state index contributed by atoms with van der Waals surface area (Å²) in [6, 6.07) is 9.84. The number of aliphatic hydroxyl groups excluding tert-OH is 1. The second-order valence-corrected chi connectivity index (χ2v) is 7.27. The molecule has 5 nitrogen and oxygen atoms in total. The van der Waals surface area contributed by atoms with E-state index in [2.05, 4.69) is 24.1 Å². The third-order valence-electron chi connectivity index (χ3n) is 4.22. The Hall–Kier alpha value is -1.89. The van der Waals surface area contributed by atoms with Crippen molar-refractivity contribution in [3.8, 4) is 5.75 Å². The Bertz CT molecular complexity index is 684. The number of amidine groups is 1. The molecule has 26 heavy (non-hydrogen) atoms. The maximum Gasteiger partial charge on any atom is 0.140 e. The number of ether oxygens (including phenoxy) is 1. The molecule has 2 rings (SSSR count). The molecule has 0 radical (unpaired) electrons. The van der Waals surface area contributed by atoms with E-state index in [-0.39, 0.29) is 12.7 Å². The molecule has 0 saturated carbocycles. The lowest BCUT2D eigenvalue weighted by atomic mass is 10.1. The predicted octanol–water partition coefficient (Wildman–Crippen LogP) is 4.18. The summed E-state index contributed by atoms with van der Waals surface area (Å²) in [6.45, 7) is 5.67. The van der Waals surface area contributed by atoms with Gasteiger partial charge in [0.2, 0.25) is 0 Å². The van der Waals surface area contributed by atoms with E-state index in [9.17, 15) is 5.11 Å². The monoisotopic (exact) mass is 375 g/mol. The highest BCUT2D eigenvalue weighted by Crippen LogP contribution is 2.27. The van der Waals surface area contributed by atoms with Gasteiger partial charge in [0, 0.05) is 24.3 Å². The Balaban J connectivity index is 2.21. The average Bonchev–Trinajstić information content (AvgIpc) is 3.16. The van der Waals surface area contributed by atoms with Crippen LogP contribution in [0.3, 0.4) is 0 Å². The van der Waals surface area contributed by atoms with Crippen molar-refractivity contribution >= 4 is 22.9 Å². The standard InChI is InChI=1S/C20H29N3O2S/c1-4-17(5-2)25-18-9-8-16(13-15(18)14-23(3)10-11-24)22-20(21)19-7-6-12-26-19/h6-9,12-13,17,24H,4-5,10-11,14H2,1-3H3,(H2,21,22). The normalized spacial score (nSPS) is 11.2. The van der Waals surface area contributed by atoms with Crippen molar-refractivity contribution in [2.45, 2.75) is 39.3 Å². The highest BCUT2D eigenvalue weighted by molar-refractivity contribution is 7.12. The maximum atomic E-state index is 9.17. The Labute approximate surface area is 160 Å². The zero-order valence-electron chi connectivity index (χ0n) is 15.8. The first-order chi connectivity index (χ1) is 12.6. The summed E-state index contributed by atoms with van der Waals surface area (Å²) in [5.41, 5.74) is 1.92. The predicted molar refractivity (Wildman–Crippen MR) is 110 cm³/mol. The first-order valence-electron chi connectivity index (χ1n) is 9.05. The van der Waals surface area contributed by atoms with E-state index in [1.807, 2.05) is 42.8 Å². The molecule has 0 saturated heterocycles. The fourth-order valence-electron chi connectivity index (χ4n) is 2.70. The molecule has 0 unspecified atom stereocenters. The lowest BCUT2D eigenvalue weighted by molar-refractivity contribution is 0.184. The zero-order chi connectivity index (χ0) is 18.9. The number of anilines is 1. The van der Waals surface area contributed by atoms with Crippen LogP contribution in [0, 0.1) is 5.41 Å². The molecule has 0 fully saturated rings. The van der Waals surface area contributed by atoms with Crippen LogP contribution >= 0.6 is 11.3 Å². The summed E-state index contributed by atoms with van der Waals surface area (Å²) in [7, 11) is 1.98. The number of hydrogen-bond donors (Lipinski definition) is 3. The van der Waals surface area contributed by atoms with Gasteiger partial charge in [0.1, 0.15) is 11.6 Å². The van der Waals surface area contributed by atoms with Crippen LogP contribution in [0.4, 0.5) is 5.69 Å². The number of aliphatic hydroxyl groups is 1. The van der Waals surface area contributed by atoms with Gasteiger partial charge < -0.3 is 15.2 Å². The first-order valence-corrected chi connectivity index (χ1v) is 9.93. The fraction of sp³-hybridized carbons (Fsp3) is 0.450. The Morgan fingerprint density at radius 3 is 2.69 bits per heavy atom. The molecule has 1 aromatic heterocycles. The maximum absolute atomic E-state index is 9.17. The number of nitrogens with zero attached hydrogens (tertiary/aromatic N) is 1. The molecule has 0 bridgehead atoms. The van der Waals surface area contributed by atoms with Crippen LogP contribution < -0.4 is 10.1 Å². The Morgan fingerprint density at radius 1 is 1.31 bits per heavy atom. The molecule has 0 amide bonds. The van der Waals surface area contributed by atoms with Crippen LogP contribution in [0.1, 0.15) is 37.1 Å². The number of likely N-dealkylation sites (N-methyl/N-ethyl adjacent to an activating group) is 1. The molecule has 0 atom stereocenters. The van der Waals surface area contributed by atoms with Gasteiger partial charge in [0.25, 0.3) is 0 Å². The molecular weight excluding hydrogens is 346 g/mol. The minimum Gasteiger partial charge on any atom is -0.490 e. The fourth-order valence-corrected chi connectivity index (χ4v) is 3.33. The van der Waals surface area contributed by atoms with Crippen LogP contribution in [0.25, 0.3) is 0 Å². The minimum absolute atomic E-state index is 0.125. The molecule has 0 aliphatic rings.